The fraction of sp³-hybridized carbons (Fsp3) is 0.538. The van der Waals surface area contributed by atoms with Gasteiger partial charge in [-0.25, -0.2) is 4.39 Å². The molecular formula is C13H18Cl2FN. The maximum absolute atomic E-state index is 13.7. The van der Waals surface area contributed by atoms with Crippen LogP contribution < -0.4 is 0 Å². The van der Waals surface area contributed by atoms with E-state index in [4.69, 9.17) is 23.2 Å². The van der Waals surface area contributed by atoms with E-state index in [9.17, 15) is 4.39 Å². The lowest BCUT2D eigenvalue weighted by Crippen LogP contribution is -2.32. The molecule has 0 fully saturated rings. The van der Waals surface area contributed by atoms with Gasteiger partial charge in [-0.05, 0) is 38.9 Å². The highest BCUT2D eigenvalue weighted by molar-refractivity contribution is 6.31. The highest BCUT2D eigenvalue weighted by Crippen LogP contribution is 2.21. The molecule has 0 aliphatic carbocycles. The molecule has 1 rings (SSSR count). The van der Waals surface area contributed by atoms with E-state index in [0.29, 0.717) is 29.1 Å². The van der Waals surface area contributed by atoms with Gasteiger partial charge in [-0.3, -0.25) is 4.90 Å². The van der Waals surface area contributed by atoms with Crippen LogP contribution in [0.3, 0.4) is 0 Å². The maximum Gasteiger partial charge on any atom is 0.129 e. The van der Waals surface area contributed by atoms with Gasteiger partial charge in [-0.15, -0.1) is 11.6 Å². The molecule has 0 saturated carbocycles. The number of benzene rings is 1. The van der Waals surface area contributed by atoms with Gasteiger partial charge >= 0.3 is 0 Å². The Morgan fingerprint density at radius 2 is 2.06 bits per heavy atom. The lowest BCUT2D eigenvalue weighted by molar-refractivity contribution is 0.211. The molecule has 1 nitrogen and oxygen atoms in total. The van der Waals surface area contributed by atoms with Crippen LogP contribution in [0.5, 0.6) is 0 Å². The average Bonchev–Trinajstić information content (AvgIpc) is 2.27. The topological polar surface area (TPSA) is 3.24 Å². The van der Waals surface area contributed by atoms with Crippen LogP contribution in [0.2, 0.25) is 5.02 Å². The molecule has 96 valence electrons. The average molecular weight is 278 g/mol. The minimum atomic E-state index is -0.242. The number of rotatable bonds is 6. The van der Waals surface area contributed by atoms with E-state index in [1.54, 1.807) is 12.1 Å². The van der Waals surface area contributed by atoms with Crippen LogP contribution in [0.15, 0.2) is 18.2 Å². The quantitative estimate of drug-likeness (QED) is 0.700. The van der Waals surface area contributed by atoms with Crippen molar-refractivity contribution in [3.63, 3.8) is 0 Å². The van der Waals surface area contributed by atoms with Crippen LogP contribution >= 0.6 is 23.2 Å². The molecular weight excluding hydrogens is 260 g/mol. The van der Waals surface area contributed by atoms with Crippen molar-refractivity contribution in [1.82, 2.24) is 4.90 Å². The predicted molar refractivity (Wildman–Crippen MR) is 72.3 cm³/mol. The van der Waals surface area contributed by atoms with Crippen molar-refractivity contribution in [3.05, 3.63) is 34.6 Å². The largest absolute Gasteiger partial charge is 0.296 e. The minimum absolute atomic E-state index is 0.242. The monoisotopic (exact) mass is 277 g/mol. The van der Waals surface area contributed by atoms with Gasteiger partial charge in [0.05, 0.1) is 0 Å². The Kier molecular flexibility index (Phi) is 6.24. The maximum atomic E-state index is 13.7. The van der Waals surface area contributed by atoms with E-state index in [1.807, 2.05) is 0 Å². The Balaban J connectivity index is 2.78. The standard InChI is InChI=1S/C13H18Cl2FN/c1-10(2)17(8-4-7-14)9-11-12(15)5-3-6-13(11)16/h3,5-6,10H,4,7-9H2,1-2H3. The first-order valence-electron chi connectivity index (χ1n) is 5.79. The van der Waals surface area contributed by atoms with Crippen molar-refractivity contribution in [1.29, 1.82) is 0 Å². The summed E-state index contributed by atoms with van der Waals surface area (Å²) in [6.07, 6.45) is 0.895. The summed E-state index contributed by atoms with van der Waals surface area (Å²) >= 11 is 11.7. The first kappa shape index (κ1) is 14.7. The zero-order valence-electron chi connectivity index (χ0n) is 10.2. The summed E-state index contributed by atoms with van der Waals surface area (Å²) in [4.78, 5) is 2.17. The Labute approximate surface area is 113 Å². The molecule has 0 saturated heterocycles. The summed E-state index contributed by atoms with van der Waals surface area (Å²) in [5.74, 6) is 0.378. The van der Waals surface area contributed by atoms with Crippen molar-refractivity contribution in [2.45, 2.75) is 32.9 Å². The Hall–Kier alpha value is -0.310. The molecule has 0 spiro atoms. The predicted octanol–water partition coefficient (Wildman–Crippen LogP) is 4.32. The number of alkyl halides is 1. The third kappa shape index (κ3) is 4.46. The van der Waals surface area contributed by atoms with Crippen molar-refractivity contribution in [3.8, 4) is 0 Å². The lowest BCUT2D eigenvalue weighted by atomic mass is 10.1. The van der Waals surface area contributed by atoms with Crippen molar-refractivity contribution in [2.75, 3.05) is 12.4 Å². The van der Waals surface area contributed by atoms with Crippen LogP contribution in [0, 0.1) is 5.82 Å². The summed E-state index contributed by atoms with van der Waals surface area (Å²) in [5, 5.41) is 0.488. The minimum Gasteiger partial charge on any atom is -0.296 e. The molecule has 0 atom stereocenters. The first-order chi connectivity index (χ1) is 8.06. The molecule has 0 aliphatic heterocycles. The van der Waals surface area contributed by atoms with Crippen molar-refractivity contribution >= 4 is 23.2 Å². The van der Waals surface area contributed by atoms with Gasteiger partial charge in [-0.2, -0.15) is 0 Å². The van der Waals surface area contributed by atoms with E-state index in [2.05, 4.69) is 18.7 Å². The smallest absolute Gasteiger partial charge is 0.129 e. The van der Waals surface area contributed by atoms with Crippen LogP contribution in [0.4, 0.5) is 4.39 Å². The fourth-order valence-electron chi connectivity index (χ4n) is 1.67. The summed E-state index contributed by atoms with van der Waals surface area (Å²) in [6, 6.07) is 5.13. The Bertz CT molecular complexity index is 335. The van der Waals surface area contributed by atoms with E-state index in [0.717, 1.165) is 13.0 Å². The third-order valence-corrected chi connectivity index (χ3v) is 3.35. The van der Waals surface area contributed by atoms with Gasteiger partial charge in [0.2, 0.25) is 0 Å². The fourth-order valence-corrected chi connectivity index (χ4v) is 2.01. The van der Waals surface area contributed by atoms with Crippen LogP contribution in [-0.2, 0) is 6.54 Å². The lowest BCUT2D eigenvalue weighted by Gasteiger charge is -2.26. The Morgan fingerprint density at radius 1 is 1.35 bits per heavy atom. The number of hydrogen-bond donors (Lipinski definition) is 0. The molecule has 0 aliphatic rings. The molecule has 0 bridgehead atoms. The van der Waals surface area contributed by atoms with Gasteiger partial charge in [-0.1, -0.05) is 17.7 Å². The Morgan fingerprint density at radius 3 is 2.59 bits per heavy atom. The molecule has 0 unspecified atom stereocenters. The van der Waals surface area contributed by atoms with E-state index < -0.39 is 0 Å². The molecule has 17 heavy (non-hydrogen) atoms. The normalized spacial score (nSPS) is 11.5. The molecule has 0 amide bonds. The van der Waals surface area contributed by atoms with Crippen LogP contribution in [-0.4, -0.2) is 23.4 Å². The second-order valence-corrected chi connectivity index (χ2v) is 5.09. The second kappa shape index (κ2) is 7.20. The summed E-state index contributed by atoms with van der Waals surface area (Å²) in [5.41, 5.74) is 0.567. The highest BCUT2D eigenvalue weighted by Gasteiger charge is 2.14. The van der Waals surface area contributed by atoms with Crippen molar-refractivity contribution in [2.24, 2.45) is 0 Å². The molecule has 0 N–H and O–H groups in total. The number of halogens is 3. The second-order valence-electron chi connectivity index (χ2n) is 4.31. The molecule has 0 heterocycles. The van der Waals surface area contributed by atoms with Gasteiger partial charge in [0.25, 0.3) is 0 Å². The van der Waals surface area contributed by atoms with Crippen molar-refractivity contribution < 1.29 is 4.39 Å². The summed E-state index contributed by atoms with van der Waals surface area (Å²) in [7, 11) is 0. The van der Waals surface area contributed by atoms with E-state index in [-0.39, 0.29) is 5.82 Å². The highest BCUT2D eigenvalue weighted by atomic mass is 35.5. The molecule has 0 aromatic heterocycles. The zero-order chi connectivity index (χ0) is 12.8. The summed E-state index contributed by atoms with van der Waals surface area (Å²) in [6.45, 7) is 5.55. The molecule has 1 aromatic rings. The van der Waals surface area contributed by atoms with Gasteiger partial charge in [0, 0.05) is 29.1 Å². The molecule has 4 heteroatoms. The number of nitrogens with zero attached hydrogens (tertiary/aromatic N) is 1. The third-order valence-electron chi connectivity index (χ3n) is 2.73. The van der Waals surface area contributed by atoms with Crippen LogP contribution in [0.1, 0.15) is 25.8 Å². The summed E-state index contributed by atoms with van der Waals surface area (Å²) < 4.78 is 13.7. The number of hydrogen-bond acceptors (Lipinski definition) is 1. The SMILES string of the molecule is CC(C)N(CCCCl)Cc1c(F)cccc1Cl. The van der Waals surface area contributed by atoms with Gasteiger partial charge in [0.15, 0.2) is 0 Å². The van der Waals surface area contributed by atoms with Gasteiger partial charge < -0.3 is 0 Å². The van der Waals surface area contributed by atoms with Crippen LogP contribution in [0.25, 0.3) is 0 Å². The van der Waals surface area contributed by atoms with E-state index in [1.165, 1.54) is 6.07 Å². The van der Waals surface area contributed by atoms with E-state index >= 15 is 0 Å². The van der Waals surface area contributed by atoms with Gasteiger partial charge in [0.1, 0.15) is 5.82 Å². The molecule has 1 aromatic carbocycles. The first-order valence-corrected chi connectivity index (χ1v) is 6.70. The molecule has 0 radical (unpaired) electrons. The zero-order valence-corrected chi connectivity index (χ0v) is 11.7.